The van der Waals surface area contributed by atoms with E-state index in [1.807, 2.05) is 0 Å². The molecule has 10 heteroatoms. The van der Waals surface area contributed by atoms with Crippen molar-refractivity contribution < 1.29 is 14.2 Å². The van der Waals surface area contributed by atoms with Gasteiger partial charge in [-0.1, -0.05) is 28.9 Å². The van der Waals surface area contributed by atoms with Crippen molar-refractivity contribution in [3.05, 3.63) is 35.0 Å². The first-order valence-corrected chi connectivity index (χ1v) is 6.38. The summed E-state index contributed by atoms with van der Waals surface area (Å²) in [7, 11) is 1.25. The summed E-state index contributed by atoms with van der Waals surface area (Å²) in [5.41, 5.74) is 6.64. The normalized spacial score (nSPS) is 10.6. The number of carbonyl (C=O) groups is 1. The number of benzene rings is 1. The van der Waals surface area contributed by atoms with Crippen molar-refractivity contribution in [2.45, 2.75) is 0 Å². The van der Waals surface area contributed by atoms with Gasteiger partial charge in [0.1, 0.15) is 5.69 Å². The first kappa shape index (κ1) is 14.0. The summed E-state index contributed by atoms with van der Waals surface area (Å²) in [6.07, 6.45) is 0. The lowest BCUT2D eigenvalue weighted by molar-refractivity contribution is 0.0595. The van der Waals surface area contributed by atoms with Crippen LogP contribution in [-0.2, 0) is 4.74 Å². The van der Waals surface area contributed by atoms with Gasteiger partial charge in [0, 0.05) is 10.6 Å². The molecule has 112 valence electrons. The van der Waals surface area contributed by atoms with E-state index in [9.17, 15) is 4.79 Å². The Balaban J connectivity index is 2.24. The molecule has 0 saturated carbocycles. The number of esters is 1. The number of hydrogen-bond donors (Lipinski definition) is 1. The number of rotatable bonds is 3. The second-order valence-corrected chi connectivity index (χ2v) is 4.61. The molecule has 2 heterocycles. The van der Waals surface area contributed by atoms with E-state index < -0.39 is 5.97 Å². The number of hydrogen-bond acceptors (Lipinski definition) is 8. The van der Waals surface area contributed by atoms with Gasteiger partial charge >= 0.3 is 5.97 Å². The molecule has 9 nitrogen and oxygen atoms in total. The van der Waals surface area contributed by atoms with E-state index in [1.54, 1.807) is 24.3 Å². The van der Waals surface area contributed by atoms with Gasteiger partial charge in [0.05, 0.1) is 7.11 Å². The van der Waals surface area contributed by atoms with Crippen LogP contribution in [-0.4, -0.2) is 38.4 Å². The lowest BCUT2D eigenvalue weighted by Gasteiger charge is -2.05. The van der Waals surface area contributed by atoms with Crippen LogP contribution in [0.15, 0.2) is 28.9 Å². The van der Waals surface area contributed by atoms with Crippen molar-refractivity contribution in [1.82, 2.24) is 25.3 Å². The fourth-order valence-electron chi connectivity index (χ4n) is 1.87. The lowest BCUT2D eigenvalue weighted by atomic mass is 10.1. The third-order valence-corrected chi connectivity index (χ3v) is 3.11. The summed E-state index contributed by atoms with van der Waals surface area (Å²) in [6, 6.07) is 6.74. The van der Waals surface area contributed by atoms with Crippen LogP contribution in [0, 0.1) is 0 Å². The Hall–Kier alpha value is -2.94. The van der Waals surface area contributed by atoms with Crippen LogP contribution in [0.3, 0.4) is 0 Å². The Morgan fingerprint density at radius 1 is 1.32 bits per heavy atom. The van der Waals surface area contributed by atoms with E-state index in [1.165, 1.54) is 11.8 Å². The average Bonchev–Trinajstić information content (AvgIpc) is 3.13. The number of aromatic nitrogens is 5. The van der Waals surface area contributed by atoms with E-state index in [4.69, 9.17) is 22.1 Å². The number of carbonyl (C=O) groups excluding carboxylic acids is 1. The number of nitrogens with zero attached hydrogens (tertiary/aromatic N) is 5. The third-order valence-electron chi connectivity index (χ3n) is 2.86. The molecule has 0 saturated heterocycles. The maximum Gasteiger partial charge on any atom is 0.360 e. The van der Waals surface area contributed by atoms with Crippen molar-refractivity contribution >= 4 is 23.4 Å². The zero-order valence-electron chi connectivity index (χ0n) is 11.2. The minimum atomic E-state index is -0.647. The van der Waals surface area contributed by atoms with Gasteiger partial charge in [0.25, 0.3) is 0 Å². The molecule has 3 rings (SSSR count). The highest BCUT2D eigenvalue weighted by molar-refractivity contribution is 6.30. The molecule has 0 unspecified atom stereocenters. The SMILES string of the molecule is COC(=O)c1nnn(-c2nonc2N)c1-c1ccc(Cl)cc1. The Morgan fingerprint density at radius 2 is 2.05 bits per heavy atom. The van der Waals surface area contributed by atoms with Gasteiger partial charge < -0.3 is 10.5 Å². The number of ether oxygens (including phenoxy) is 1. The first-order valence-electron chi connectivity index (χ1n) is 6.00. The minimum absolute atomic E-state index is 0.00669. The maximum atomic E-state index is 11.9. The van der Waals surface area contributed by atoms with E-state index in [0.29, 0.717) is 16.3 Å². The number of halogens is 1. The van der Waals surface area contributed by atoms with E-state index in [-0.39, 0.29) is 17.3 Å². The molecule has 3 aromatic rings. The van der Waals surface area contributed by atoms with Crippen molar-refractivity contribution in [3.63, 3.8) is 0 Å². The van der Waals surface area contributed by atoms with Gasteiger partial charge in [-0.05, 0) is 22.4 Å². The van der Waals surface area contributed by atoms with Crippen molar-refractivity contribution in [2.75, 3.05) is 12.8 Å². The summed E-state index contributed by atoms with van der Waals surface area (Å²) in [5, 5.41) is 15.4. The van der Waals surface area contributed by atoms with Gasteiger partial charge in [0.2, 0.25) is 11.6 Å². The van der Waals surface area contributed by atoms with Gasteiger partial charge in [-0.3, -0.25) is 0 Å². The van der Waals surface area contributed by atoms with Crippen molar-refractivity contribution in [1.29, 1.82) is 0 Å². The maximum absolute atomic E-state index is 11.9. The molecular formula is C12H9ClN6O3. The molecule has 0 amide bonds. The summed E-state index contributed by atoms with van der Waals surface area (Å²) >= 11 is 5.88. The molecule has 0 aliphatic heterocycles. The first-order chi connectivity index (χ1) is 10.6. The molecule has 0 spiro atoms. The van der Waals surface area contributed by atoms with E-state index in [2.05, 4.69) is 25.3 Å². The standard InChI is InChI=1S/C12H9ClN6O3/c1-21-12(20)8-9(6-2-4-7(13)5-3-6)19(18-15-8)11-10(14)16-22-17-11/h2-5H,1H3,(H2,14,16). The topological polar surface area (TPSA) is 122 Å². The predicted molar refractivity (Wildman–Crippen MR) is 75.4 cm³/mol. The largest absolute Gasteiger partial charge is 0.464 e. The summed E-state index contributed by atoms with van der Waals surface area (Å²) < 4.78 is 10.5. The van der Waals surface area contributed by atoms with Gasteiger partial charge in [-0.25, -0.2) is 9.42 Å². The van der Waals surface area contributed by atoms with Gasteiger partial charge in [0.15, 0.2) is 5.69 Å². The molecule has 1 aromatic carbocycles. The van der Waals surface area contributed by atoms with Crippen LogP contribution in [0.1, 0.15) is 10.5 Å². The van der Waals surface area contributed by atoms with Gasteiger partial charge in [-0.2, -0.15) is 4.68 Å². The van der Waals surface area contributed by atoms with Crippen molar-refractivity contribution in [2.24, 2.45) is 0 Å². The van der Waals surface area contributed by atoms with Gasteiger partial charge in [-0.15, -0.1) is 5.10 Å². The molecule has 2 aromatic heterocycles. The van der Waals surface area contributed by atoms with Crippen LogP contribution in [0.25, 0.3) is 17.1 Å². The quantitative estimate of drug-likeness (QED) is 0.717. The monoisotopic (exact) mass is 320 g/mol. The molecule has 2 N–H and O–H groups in total. The van der Waals surface area contributed by atoms with Crippen LogP contribution in [0.2, 0.25) is 5.02 Å². The fourth-order valence-corrected chi connectivity index (χ4v) is 1.99. The van der Waals surface area contributed by atoms with Crippen LogP contribution in [0.5, 0.6) is 0 Å². The Labute approximate surface area is 128 Å². The smallest absolute Gasteiger partial charge is 0.360 e. The number of anilines is 1. The highest BCUT2D eigenvalue weighted by Gasteiger charge is 2.25. The highest BCUT2D eigenvalue weighted by Crippen LogP contribution is 2.27. The summed E-state index contributed by atoms with van der Waals surface area (Å²) in [6.45, 7) is 0. The van der Waals surface area contributed by atoms with E-state index in [0.717, 1.165) is 0 Å². The molecule has 0 radical (unpaired) electrons. The zero-order chi connectivity index (χ0) is 15.7. The minimum Gasteiger partial charge on any atom is -0.464 e. The number of nitrogen functional groups attached to an aromatic ring is 1. The summed E-state index contributed by atoms with van der Waals surface area (Å²) in [5.74, 6) is -0.518. The van der Waals surface area contributed by atoms with Crippen LogP contribution in [0.4, 0.5) is 5.82 Å². The molecular weight excluding hydrogens is 312 g/mol. The summed E-state index contributed by atoms with van der Waals surface area (Å²) in [4.78, 5) is 11.9. The molecule has 0 atom stereocenters. The number of nitrogens with two attached hydrogens (primary N) is 1. The second kappa shape index (κ2) is 5.45. The van der Waals surface area contributed by atoms with Crippen LogP contribution >= 0.6 is 11.6 Å². The molecule has 0 aliphatic rings. The molecule has 0 bridgehead atoms. The third kappa shape index (κ3) is 2.27. The van der Waals surface area contributed by atoms with Crippen molar-refractivity contribution in [3.8, 4) is 17.1 Å². The highest BCUT2D eigenvalue weighted by atomic mass is 35.5. The molecule has 0 fully saturated rings. The average molecular weight is 321 g/mol. The second-order valence-electron chi connectivity index (χ2n) is 4.17. The van der Waals surface area contributed by atoms with E-state index >= 15 is 0 Å². The fraction of sp³-hybridized carbons (Fsp3) is 0.0833. The number of methoxy groups -OCH3 is 1. The zero-order valence-corrected chi connectivity index (χ0v) is 12.0. The Kier molecular flexibility index (Phi) is 3.47. The molecule has 22 heavy (non-hydrogen) atoms. The lowest BCUT2D eigenvalue weighted by Crippen LogP contribution is -2.07. The molecule has 0 aliphatic carbocycles. The van der Waals surface area contributed by atoms with Crippen LogP contribution < -0.4 is 5.73 Å². The predicted octanol–water partition coefficient (Wildman–Crippen LogP) is 1.34. The Morgan fingerprint density at radius 3 is 2.64 bits per heavy atom. The Bertz CT molecular complexity index is 826.